The van der Waals surface area contributed by atoms with Crippen LogP contribution in [0.3, 0.4) is 0 Å². The van der Waals surface area contributed by atoms with E-state index in [4.69, 9.17) is 19.0 Å². The molecule has 5 aromatic rings. The summed E-state index contributed by atoms with van der Waals surface area (Å²) in [5.74, 6) is 0. The molecule has 0 aliphatic carbocycles. The van der Waals surface area contributed by atoms with Crippen molar-refractivity contribution in [2.24, 2.45) is 10.8 Å². The summed E-state index contributed by atoms with van der Waals surface area (Å²) in [5.41, 5.74) is 1.29. The third kappa shape index (κ3) is 4.32. The van der Waals surface area contributed by atoms with Gasteiger partial charge in [-0.15, -0.1) is 0 Å². The molecule has 174 valence electrons. The molecular formula is C31H34N2O. The second-order valence-electron chi connectivity index (χ2n) is 10.9. The summed E-state index contributed by atoms with van der Waals surface area (Å²) in [6, 6.07) is 14.6. The van der Waals surface area contributed by atoms with Crippen molar-refractivity contribution >= 4 is 32.8 Å². The highest BCUT2D eigenvalue weighted by atomic mass is 16.3. The topological polar surface area (TPSA) is 38.9 Å². The van der Waals surface area contributed by atoms with E-state index in [-0.39, 0.29) is 11.1 Å². The molecule has 0 aliphatic rings. The normalized spacial score (nSPS) is 17.1. The molecule has 0 fully saturated rings. The summed E-state index contributed by atoms with van der Waals surface area (Å²) in [4.78, 5) is 9.23. The molecule has 0 radical (unpaired) electrons. The molecule has 0 saturated carbocycles. The Labute approximate surface area is 212 Å². The predicted molar refractivity (Wildman–Crippen MR) is 143 cm³/mol. The van der Waals surface area contributed by atoms with Gasteiger partial charge in [-0.1, -0.05) is 65.8 Å². The van der Waals surface area contributed by atoms with Crippen molar-refractivity contribution in [3.8, 4) is 11.3 Å². The van der Waals surface area contributed by atoms with Gasteiger partial charge >= 0.3 is 0 Å². The number of aromatic nitrogens is 2. The molecule has 3 heterocycles. The number of fused-ring (bicyclic) bond motifs is 5. The Morgan fingerprint density at radius 2 is 1.62 bits per heavy atom. The van der Waals surface area contributed by atoms with Crippen LogP contribution < -0.4 is 0 Å². The largest absolute Gasteiger partial charge is 0.453 e. The highest BCUT2D eigenvalue weighted by Gasteiger charge is 2.19. The molecule has 0 aliphatic heterocycles. The summed E-state index contributed by atoms with van der Waals surface area (Å²) in [7, 11) is 0. The Morgan fingerprint density at radius 1 is 0.882 bits per heavy atom. The monoisotopic (exact) mass is 457 g/mol. The van der Waals surface area contributed by atoms with Crippen molar-refractivity contribution in [3.05, 3.63) is 71.5 Å². The van der Waals surface area contributed by atoms with Crippen molar-refractivity contribution < 1.29 is 14.0 Å². The lowest BCUT2D eigenvalue weighted by Crippen LogP contribution is -2.10. The van der Waals surface area contributed by atoms with Gasteiger partial charge in [-0.25, -0.2) is 4.98 Å². The van der Waals surface area contributed by atoms with E-state index in [1.54, 1.807) is 26.8 Å². The van der Waals surface area contributed by atoms with Crippen LogP contribution in [-0.2, 0) is 12.7 Å². The first kappa shape index (κ1) is 15.7. The Hall–Kier alpha value is -3.20. The van der Waals surface area contributed by atoms with Crippen molar-refractivity contribution in [2.75, 3.05) is 0 Å². The molecule has 3 nitrogen and oxygen atoms in total. The minimum Gasteiger partial charge on any atom is -0.453 e. The summed E-state index contributed by atoms with van der Waals surface area (Å²) in [6.45, 7) is 8.21. The van der Waals surface area contributed by atoms with Gasteiger partial charge in [0.05, 0.1) is 5.69 Å². The highest BCUT2D eigenvalue weighted by molar-refractivity contribution is 6.16. The first-order chi connectivity index (χ1) is 18.7. The number of rotatable bonds is 3. The van der Waals surface area contributed by atoms with Gasteiger partial charge in [0.1, 0.15) is 11.1 Å². The van der Waals surface area contributed by atoms with E-state index < -0.39 is 30.4 Å². The summed E-state index contributed by atoms with van der Waals surface area (Å²) in [5, 5.41) is 2.42. The smallest absolute Gasteiger partial charge is 0.161 e. The van der Waals surface area contributed by atoms with Crippen LogP contribution in [0.1, 0.15) is 68.0 Å². The zero-order valence-electron chi connectivity index (χ0n) is 27.5. The number of hydrogen-bond donors (Lipinski definition) is 0. The molecule has 0 saturated heterocycles. The third-order valence-electron chi connectivity index (χ3n) is 5.52. The molecule has 0 N–H and O–H groups in total. The Balaban J connectivity index is 1.78. The maximum Gasteiger partial charge on any atom is 0.161 e. The van der Waals surface area contributed by atoms with Crippen molar-refractivity contribution in [3.63, 3.8) is 0 Å². The fraction of sp³-hybridized carbons (Fsp3) is 0.355. The standard InChI is InChI=1S/C31H34N2O/c1-19-18-32-26(15-21(19)16-30(2,3)4)25-10-8-9-23-24-14-12-20-11-13-22(17-31(5,6)7)33-27(20)29(24)34-28(23)25/h8-15,18H,16-17H2,1-7H3/i1D3,16D2,17D2. The number of benzene rings is 2. The lowest BCUT2D eigenvalue weighted by molar-refractivity contribution is 0.407. The van der Waals surface area contributed by atoms with Crippen LogP contribution in [0, 0.1) is 17.7 Å². The van der Waals surface area contributed by atoms with E-state index in [2.05, 4.69) is 4.98 Å². The molecule has 3 heteroatoms. The fourth-order valence-corrected chi connectivity index (χ4v) is 4.20. The molecule has 0 amide bonds. The van der Waals surface area contributed by atoms with Crippen LogP contribution in [0.5, 0.6) is 0 Å². The predicted octanol–water partition coefficient (Wildman–Crippen LogP) is 8.68. The minimum absolute atomic E-state index is 0.0734. The quantitative estimate of drug-likeness (QED) is 0.272. The van der Waals surface area contributed by atoms with Crippen LogP contribution in [-0.4, -0.2) is 9.97 Å². The maximum absolute atomic E-state index is 8.88. The number of para-hydroxylation sites is 1. The molecular weight excluding hydrogens is 416 g/mol. The SMILES string of the molecule is [2H]C([2H])([2H])c1cnc(-c2cccc3c2oc2c3ccc3ccc(C([2H])([2H])C(C)(C)C)nc32)cc1C([2H])([2H])C(C)(C)C. The first-order valence-corrected chi connectivity index (χ1v) is 11.5. The molecule has 0 unspecified atom stereocenters. The minimum atomic E-state index is -2.54. The van der Waals surface area contributed by atoms with Crippen molar-refractivity contribution in [1.29, 1.82) is 0 Å². The van der Waals surface area contributed by atoms with Gasteiger partial charge < -0.3 is 4.42 Å². The van der Waals surface area contributed by atoms with Gasteiger partial charge in [-0.3, -0.25) is 4.98 Å². The number of hydrogen-bond acceptors (Lipinski definition) is 3. The van der Waals surface area contributed by atoms with E-state index in [1.807, 2.05) is 57.2 Å². The van der Waals surface area contributed by atoms with Gasteiger partial charge in [0.15, 0.2) is 5.58 Å². The summed E-state index contributed by atoms with van der Waals surface area (Å²) in [6.07, 6.45) is -2.39. The van der Waals surface area contributed by atoms with E-state index in [0.29, 0.717) is 33.6 Å². The van der Waals surface area contributed by atoms with E-state index in [1.165, 1.54) is 12.3 Å². The second-order valence-corrected chi connectivity index (χ2v) is 10.9. The van der Waals surface area contributed by atoms with Crippen molar-refractivity contribution in [2.45, 2.75) is 61.1 Å². The van der Waals surface area contributed by atoms with Crippen molar-refractivity contribution in [1.82, 2.24) is 9.97 Å². The number of furan rings is 1. The third-order valence-corrected chi connectivity index (χ3v) is 5.52. The van der Waals surface area contributed by atoms with Gasteiger partial charge in [0.2, 0.25) is 0 Å². The molecule has 0 spiro atoms. The average molecular weight is 458 g/mol. The van der Waals surface area contributed by atoms with E-state index in [9.17, 15) is 0 Å². The lowest BCUT2D eigenvalue weighted by atomic mass is 9.86. The van der Waals surface area contributed by atoms with Gasteiger partial charge in [-0.2, -0.15) is 0 Å². The van der Waals surface area contributed by atoms with Crippen LogP contribution in [0.4, 0.5) is 0 Å². The van der Waals surface area contributed by atoms with E-state index >= 15 is 0 Å². The van der Waals surface area contributed by atoms with Gasteiger partial charge in [0, 0.05) is 43.2 Å². The molecule has 2 aromatic carbocycles. The Bertz CT molecular complexity index is 1810. The van der Waals surface area contributed by atoms with E-state index in [0.717, 1.165) is 16.2 Å². The van der Waals surface area contributed by atoms with Crippen LogP contribution in [0.2, 0.25) is 0 Å². The zero-order valence-corrected chi connectivity index (χ0v) is 20.5. The Kier molecular flexibility index (Phi) is 3.65. The fourth-order valence-electron chi connectivity index (χ4n) is 4.20. The molecule has 5 rings (SSSR count). The van der Waals surface area contributed by atoms with Crippen LogP contribution in [0.25, 0.3) is 44.1 Å². The number of nitrogens with zero attached hydrogens (tertiary/aromatic N) is 2. The van der Waals surface area contributed by atoms with Gasteiger partial charge in [0.25, 0.3) is 0 Å². The van der Waals surface area contributed by atoms with Crippen LogP contribution in [0.15, 0.2) is 59.1 Å². The second kappa shape index (κ2) is 7.94. The molecule has 3 aromatic heterocycles. The maximum atomic E-state index is 8.88. The molecule has 34 heavy (non-hydrogen) atoms. The lowest BCUT2D eigenvalue weighted by Gasteiger charge is -2.20. The number of pyridine rings is 2. The Morgan fingerprint density at radius 3 is 2.35 bits per heavy atom. The number of aryl methyl sites for hydroxylation is 1. The summed E-state index contributed by atoms with van der Waals surface area (Å²) >= 11 is 0. The molecule has 0 bridgehead atoms. The van der Waals surface area contributed by atoms with Crippen LogP contribution >= 0.6 is 0 Å². The van der Waals surface area contributed by atoms with Gasteiger partial charge in [-0.05, 0) is 65.8 Å². The average Bonchev–Trinajstić information content (AvgIpc) is 3.25. The highest BCUT2D eigenvalue weighted by Crippen LogP contribution is 2.38. The first-order valence-electron chi connectivity index (χ1n) is 15.0. The summed E-state index contributed by atoms with van der Waals surface area (Å²) < 4.78 is 65.8. The zero-order chi connectivity index (χ0) is 30.3. The molecule has 0 atom stereocenters.